The van der Waals surface area contributed by atoms with Gasteiger partial charge in [-0.1, -0.05) is 35.3 Å². The maximum Gasteiger partial charge on any atom is 0.377 e. The number of carboxylic acids is 1. The molecule has 0 radical (unpaired) electrons. The summed E-state index contributed by atoms with van der Waals surface area (Å²) in [6.45, 7) is 11.0. The third-order valence-corrected chi connectivity index (χ3v) is 14.7. The van der Waals surface area contributed by atoms with Crippen LogP contribution in [0.2, 0.25) is 10.0 Å². The fraction of sp³-hybridized carbons (Fsp3) is 0.500. The number of halogens is 2. The SMILES string of the molecule is N[C@H](CN1CCCC1)[C@H](O)c1ccc(OC2CC2)c(Cl)c1.O=C(N[C@H](CN1CCCC1)[C@H](O)c1ccc(OC2CC2)c(Cl)c1)C(=O)c1ccc(N2CCOCC2)cc1.O=C(O)C(=O)c1ccc(N2CCOCC2)cc1. The summed E-state index contributed by atoms with van der Waals surface area (Å²) in [6.07, 6.45) is 7.64. The molecule has 0 spiro atoms. The van der Waals surface area contributed by atoms with Crippen LogP contribution < -0.4 is 30.3 Å². The Balaban J connectivity index is 0.000000165. The molecule has 404 valence electrons. The van der Waals surface area contributed by atoms with Gasteiger partial charge >= 0.3 is 5.97 Å². The maximum atomic E-state index is 13.0. The molecule has 4 atom stereocenters. The summed E-state index contributed by atoms with van der Waals surface area (Å²) in [6, 6.07) is 23.4. The van der Waals surface area contributed by atoms with Crippen molar-refractivity contribution in [3.05, 3.63) is 117 Å². The van der Waals surface area contributed by atoms with Crippen LogP contribution in [0.1, 0.15) is 95.4 Å². The van der Waals surface area contributed by atoms with Gasteiger partial charge in [0.05, 0.1) is 60.8 Å². The fourth-order valence-electron chi connectivity index (χ4n) is 9.41. The first kappa shape index (κ1) is 55.9. The fourth-order valence-corrected chi connectivity index (χ4v) is 9.88. The minimum absolute atomic E-state index is 0.203. The molecule has 0 unspecified atom stereocenters. The van der Waals surface area contributed by atoms with E-state index in [-0.39, 0.29) is 17.7 Å². The van der Waals surface area contributed by atoms with Gasteiger partial charge < -0.3 is 64.9 Å². The molecule has 2 aliphatic carbocycles. The zero-order chi connectivity index (χ0) is 52.8. The second-order valence-corrected chi connectivity index (χ2v) is 20.7. The number of rotatable bonds is 19. The lowest BCUT2D eigenvalue weighted by molar-refractivity contribution is -0.131. The number of hydrogen-bond acceptors (Lipinski definition) is 15. The number of nitrogens with zero attached hydrogens (tertiary/aromatic N) is 4. The number of amides is 1. The van der Waals surface area contributed by atoms with E-state index >= 15 is 0 Å². The minimum atomic E-state index is -1.43. The number of aliphatic hydroxyl groups is 2. The van der Waals surface area contributed by atoms with Gasteiger partial charge in [0.1, 0.15) is 17.6 Å². The van der Waals surface area contributed by atoms with Crippen molar-refractivity contribution >= 4 is 58.0 Å². The summed E-state index contributed by atoms with van der Waals surface area (Å²) < 4.78 is 22.1. The van der Waals surface area contributed by atoms with Gasteiger partial charge in [-0.3, -0.25) is 14.4 Å². The molecule has 1 amide bonds. The Kier molecular flexibility index (Phi) is 20.2. The first-order valence-electron chi connectivity index (χ1n) is 26.3. The number of benzene rings is 4. The van der Waals surface area contributed by atoms with Crippen LogP contribution in [0.25, 0.3) is 0 Å². The van der Waals surface area contributed by atoms with E-state index in [2.05, 4.69) is 24.9 Å². The number of carbonyl (C=O) groups is 4. The van der Waals surface area contributed by atoms with Gasteiger partial charge in [0.25, 0.3) is 11.7 Å². The zero-order valence-electron chi connectivity index (χ0n) is 42.3. The van der Waals surface area contributed by atoms with E-state index in [0.29, 0.717) is 71.7 Å². The Morgan fingerprint density at radius 3 is 1.41 bits per heavy atom. The Hall–Kier alpha value is -5.34. The number of Topliss-reactive ketones (excluding diaryl/α,β-unsaturated/α-hetero) is 2. The van der Waals surface area contributed by atoms with Crippen LogP contribution in [-0.2, 0) is 19.1 Å². The number of likely N-dealkylation sites (tertiary alicyclic amines) is 2. The highest BCUT2D eigenvalue weighted by atomic mass is 35.5. The summed E-state index contributed by atoms with van der Waals surface area (Å²) in [5.41, 5.74) is 9.96. The molecule has 17 nitrogen and oxygen atoms in total. The van der Waals surface area contributed by atoms with Crippen LogP contribution >= 0.6 is 23.2 Å². The highest BCUT2D eigenvalue weighted by Gasteiger charge is 2.31. The molecule has 4 aliphatic heterocycles. The summed E-state index contributed by atoms with van der Waals surface area (Å²) in [5.74, 6) is -2.37. The van der Waals surface area contributed by atoms with Gasteiger partial charge in [0.2, 0.25) is 5.78 Å². The Morgan fingerprint density at radius 1 is 0.587 bits per heavy atom. The molecule has 4 aromatic rings. The zero-order valence-corrected chi connectivity index (χ0v) is 43.8. The number of carboxylic acid groups (broad SMARTS) is 1. The molecular formula is C56H70Cl2N6O11. The first-order valence-corrected chi connectivity index (χ1v) is 27.0. The lowest BCUT2D eigenvalue weighted by atomic mass is 10.0. The summed E-state index contributed by atoms with van der Waals surface area (Å²) in [5, 5.41) is 34.0. The number of ether oxygens (including phenoxy) is 4. The molecule has 4 aromatic carbocycles. The van der Waals surface area contributed by atoms with Crippen molar-refractivity contribution in [3.8, 4) is 11.5 Å². The Labute approximate surface area is 448 Å². The largest absolute Gasteiger partial charge is 0.489 e. The second kappa shape index (κ2) is 27.1. The van der Waals surface area contributed by atoms with Crippen molar-refractivity contribution in [2.45, 2.75) is 87.9 Å². The number of aliphatic hydroxyl groups excluding tert-OH is 2. The van der Waals surface area contributed by atoms with E-state index in [4.69, 9.17) is 53.0 Å². The van der Waals surface area contributed by atoms with Gasteiger partial charge in [-0.15, -0.1) is 0 Å². The minimum Gasteiger partial charge on any atom is -0.489 e. The van der Waals surface area contributed by atoms with E-state index in [0.717, 1.165) is 114 Å². The number of morpholine rings is 2. The summed E-state index contributed by atoms with van der Waals surface area (Å²) in [7, 11) is 0. The standard InChI is InChI=1S/C28H34ClN3O5.C16H23ClN2O2.C12H13NO4/c29-23-17-20(5-10-25(23)37-22-8-9-22)26(33)24(18-31-11-1-2-12-31)30-28(35)27(34)19-3-6-21(7-4-19)32-13-15-36-16-14-32;17-13-9-11(3-6-15(13)21-12-4-5-12)16(20)14(18)10-19-7-1-2-8-19;14-11(12(15)16)9-1-3-10(4-2-9)13-5-7-17-8-6-13/h3-7,10,17,22,24,26,33H,1-2,8-9,11-16,18H2,(H,30,35);3,6,9,12,14,16,20H,1-2,4-5,7-8,10,18H2;1-4H,5-8H2,(H,15,16)/t24-,26-;14-,16-;/m11./s1. The molecule has 2 saturated carbocycles. The molecule has 0 bridgehead atoms. The van der Waals surface area contributed by atoms with Crippen molar-refractivity contribution in [2.75, 3.05) is 102 Å². The lowest BCUT2D eigenvalue weighted by Gasteiger charge is -2.29. The molecule has 0 aromatic heterocycles. The van der Waals surface area contributed by atoms with E-state index in [1.807, 2.05) is 24.3 Å². The van der Waals surface area contributed by atoms with Crippen molar-refractivity contribution in [2.24, 2.45) is 5.73 Å². The molecule has 6 aliphatic rings. The smallest absolute Gasteiger partial charge is 0.377 e. The van der Waals surface area contributed by atoms with Crippen molar-refractivity contribution in [1.82, 2.24) is 15.1 Å². The van der Waals surface area contributed by atoms with Crippen LogP contribution in [0.3, 0.4) is 0 Å². The molecule has 75 heavy (non-hydrogen) atoms. The quantitative estimate of drug-likeness (QED) is 0.0511. The number of carbonyl (C=O) groups excluding carboxylic acids is 3. The predicted octanol–water partition coefficient (Wildman–Crippen LogP) is 6.34. The lowest BCUT2D eigenvalue weighted by Crippen LogP contribution is -2.48. The molecule has 6 N–H and O–H groups in total. The van der Waals surface area contributed by atoms with Crippen LogP contribution in [0, 0.1) is 0 Å². The Morgan fingerprint density at radius 2 is 1.00 bits per heavy atom. The number of aliphatic carboxylic acids is 1. The van der Waals surface area contributed by atoms with Gasteiger partial charge in [0, 0.05) is 67.8 Å². The monoisotopic (exact) mass is 1070 g/mol. The summed E-state index contributed by atoms with van der Waals surface area (Å²) in [4.78, 5) is 56.6. The average molecular weight is 1070 g/mol. The third-order valence-electron chi connectivity index (χ3n) is 14.1. The van der Waals surface area contributed by atoms with Gasteiger partial charge in [-0.25, -0.2) is 4.79 Å². The van der Waals surface area contributed by atoms with Crippen molar-refractivity contribution in [1.29, 1.82) is 0 Å². The average Bonchev–Trinajstić information content (AvgIpc) is 4.33. The third kappa shape index (κ3) is 16.3. The molecular weight excluding hydrogens is 1000 g/mol. The topological polar surface area (TPSA) is 217 Å². The van der Waals surface area contributed by atoms with Crippen LogP contribution in [0.4, 0.5) is 11.4 Å². The van der Waals surface area contributed by atoms with Gasteiger partial charge in [0.15, 0.2) is 0 Å². The highest BCUT2D eigenvalue weighted by molar-refractivity contribution is 6.43. The second-order valence-electron chi connectivity index (χ2n) is 19.9. The molecule has 10 rings (SSSR count). The van der Waals surface area contributed by atoms with Crippen LogP contribution in [-0.4, -0.2) is 165 Å². The predicted molar refractivity (Wildman–Crippen MR) is 287 cm³/mol. The molecule has 19 heteroatoms. The van der Waals surface area contributed by atoms with Gasteiger partial charge in [-0.2, -0.15) is 0 Å². The highest BCUT2D eigenvalue weighted by Crippen LogP contribution is 2.36. The van der Waals surface area contributed by atoms with Crippen LogP contribution in [0.5, 0.6) is 11.5 Å². The van der Waals surface area contributed by atoms with Crippen LogP contribution in [0.15, 0.2) is 84.9 Å². The molecule has 4 saturated heterocycles. The number of hydrogen-bond donors (Lipinski definition) is 5. The van der Waals surface area contributed by atoms with E-state index in [9.17, 15) is 29.4 Å². The number of ketones is 2. The molecule has 4 heterocycles. The van der Waals surface area contributed by atoms with E-state index < -0.39 is 41.7 Å². The molecule has 6 fully saturated rings. The van der Waals surface area contributed by atoms with Crippen molar-refractivity contribution < 1.29 is 53.4 Å². The van der Waals surface area contributed by atoms with Gasteiger partial charge in [-0.05, 0) is 161 Å². The first-order chi connectivity index (χ1) is 36.3. The number of nitrogens with two attached hydrogens (primary N) is 1. The number of anilines is 2. The maximum absolute atomic E-state index is 13.0. The van der Waals surface area contributed by atoms with E-state index in [1.54, 1.807) is 60.7 Å². The van der Waals surface area contributed by atoms with E-state index in [1.165, 1.54) is 12.8 Å². The Bertz CT molecular complexity index is 2530. The normalized spacial score (nSPS) is 19.6. The van der Waals surface area contributed by atoms with Crippen molar-refractivity contribution in [3.63, 3.8) is 0 Å². The number of nitrogens with one attached hydrogen (secondary N) is 1. The summed E-state index contributed by atoms with van der Waals surface area (Å²) >= 11 is 12.7.